The maximum atomic E-state index is 14.8. The van der Waals surface area contributed by atoms with E-state index in [-0.39, 0.29) is 16.9 Å². The second-order valence-corrected chi connectivity index (χ2v) is 8.19. The number of benzene rings is 2. The fourth-order valence-electron chi connectivity index (χ4n) is 2.93. The Bertz CT molecular complexity index is 1050. The van der Waals surface area contributed by atoms with E-state index in [1.807, 2.05) is 0 Å². The van der Waals surface area contributed by atoms with Crippen molar-refractivity contribution in [2.45, 2.75) is 32.4 Å². The first-order valence-corrected chi connectivity index (χ1v) is 9.94. The van der Waals surface area contributed by atoms with Crippen LogP contribution in [0, 0.1) is 11.6 Å². The first kappa shape index (κ1) is 21.5. The lowest BCUT2D eigenvalue weighted by molar-refractivity contribution is -0.124. The SMILES string of the molecule is CC(C)(C)NC(=O)[C@@H](c1ccccc1F)N(C(=O)c1csnn1)c1ccccc1F. The molecule has 2 aromatic carbocycles. The first-order valence-electron chi connectivity index (χ1n) is 9.10. The lowest BCUT2D eigenvalue weighted by Crippen LogP contribution is -2.50. The van der Waals surface area contributed by atoms with Crippen LogP contribution in [-0.4, -0.2) is 26.9 Å². The third kappa shape index (κ3) is 4.68. The summed E-state index contributed by atoms with van der Waals surface area (Å²) < 4.78 is 33.2. The smallest absolute Gasteiger partial charge is 0.280 e. The van der Waals surface area contributed by atoms with Crippen LogP contribution in [0.15, 0.2) is 53.9 Å². The van der Waals surface area contributed by atoms with Gasteiger partial charge in [0, 0.05) is 16.5 Å². The van der Waals surface area contributed by atoms with Crippen molar-refractivity contribution in [1.82, 2.24) is 14.9 Å². The maximum absolute atomic E-state index is 14.8. The van der Waals surface area contributed by atoms with Gasteiger partial charge in [-0.15, -0.1) is 5.10 Å². The lowest BCUT2D eigenvalue weighted by Gasteiger charge is -2.33. The van der Waals surface area contributed by atoms with Crippen molar-refractivity contribution in [3.8, 4) is 0 Å². The molecule has 0 bridgehead atoms. The number of amides is 2. The number of halogens is 2. The number of carbonyl (C=O) groups is 2. The van der Waals surface area contributed by atoms with Gasteiger partial charge in [0.1, 0.15) is 17.7 Å². The molecule has 1 atom stereocenters. The highest BCUT2D eigenvalue weighted by Crippen LogP contribution is 2.33. The molecule has 0 fully saturated rings. The highest BCUT2D eigenvalue weighted by molar-refractivity contribution is 7.03. The summed E-state index contributed by atoms with van der Waals surface area (Å²) in [5.41, 5.74) is -0.993. The summed E-state index contributed by atoms with van der Waals surface area (Å²) in [6.45, 7) is 5.26. The van der Waals surface area contributed by atoms with Crippen LogP contribution in [0.2, 0.25) is 0 Å². The fourth-order valence-corrected chi connectivity index (χ4v) is 3.36. The van der Waals surface area contributed by atoms with Crippen molar-refractivity contribution in [3.05, 3.63) is 76.8 Å². The summed E-state index contributed by atoms with van der Waals surface area (Å²) >= 11 is 0.937. The van der Waals surface area contributed by atoms with E-state index in [1.54, 1.807) is 26.8 Å². The largest absolute Gasteiger partial charge is 0.349 e. The van der Waals surface area contributed by atoms with Gasteiger partial charge in [-0.1, -0.05) is 34.8 Å². The van der Waals surface area contributed by atoms with Crippen LogP contribution < -0.4 is 10.2 Å². The van der Waals surface area contributed by atoms with E-state index in [2.05, 4.69) is 14.9 Å². The summed E-state index contributed by atoms with van der Waals surface area (Å²) in [5, 5.41) is 7.90. The molecule has 0 saturated heterocycles. The maximum Gasteiger partial charge on any atom is 0.280 e. The normalized spacial score (nSPS) is 12.3. The van der Waals surface area contributed by atoms with Crippen LogP contribution in [0.4, 0.5) is 14.5 Å². The van der Waals surface area contributed by atoms with E-state index >= 15 is 0 Å². The number of hydrogen-bond acceptors (Lipinski definition) is 5. The van der Waals surface area contributed by atoms with Gasteiger partial charge in [0.25, 0.3) is 5.91 Å². The van der Waals surface area contributed by atoms with Gasteiger partial charge in [-0.25, -0.2) is 8.78 Å². The third-order valence-corrected chi connectivity index (χ3v) is 4.62. The zero-order valence-corrected chi connectivity index (χ0v) is 17.4. The molecule has 0 aliphatic heterocycles. The Hall–Kier alpha value is -3.20. The molecule has 6 nitrogen and oxygen atoms in total. The molecule has 1 aromatic heterocycles. The van der Waals surface area contributed by atoms with E-state index < -0.39 is 35.0 Å². The molecule has 156 valence electrons. The Balaban J connectivity index is 2.23. The number of nitrogens with one attached hydrogen (secondary N) is 1. The third-order valence-electron chi connectivity index (χ3n) is 4.11. The summed E-state index contributed by atoms with van der Waals surface area (Å²) in [5.74, 6) is -2.87. The molecule has 0 radical (unpaired) electrons. The zero-order chi connectivity index (χ0) is 21.9. The molecule has 30 heavy (non-hydrogen) atoms. The molecule has 0 spiro atoms. The average Bonchev–Trinajstić information content (AvgIpc) is 3.21. The Morgan fingerprint density at radius 3 is 2.23 bits per heavy atom. The van der Waals surface area contributed by atoms with Crippen LogP contribution in [-0.2, 0) is 4.79 Å². The van der Waals surface area contributed by atoms with Gasteiger partial charge in [-0.2, -0.15) is 0 Å². The highest BCUT2D eigenvalue weighted by atomic mass is 32.1. The molecular weight excluding hydrogens is 410 g/mol. The topological polar surface area (TPSA) is 75.2 Å². The molecule has 0 aliphatic rings. The first-order chi connectivity index (χ1) is 14.2. The van der Waals surface area contributed by atoms with E-state index in [4.69, 9.17) is 0 Å². The van der Waals surface area contributed by atoms with Crippen LogP contribution >= 0.6 is 11.5 Å². The van der Waals surface area contributed by atoms with Crippen molar-refractivity contribution in [1.29, 1.82) is 0 Å². The molecule has 1 heterocycles. The molecule has 9 heteroatoms. The molecule has 0 unspecified atom stereocenters. The Morgan fingerprint density at radius 2 is 1.67 bits per heavy atom. The average molecular weight is 430 g/mol. The van der Waals surface area contributed by atoms with Crippen LogP contribution in [0.5, 0.6) is 0 Å². The van der Waals surface area contributed by atoms with Gasteiger partial charge in [-0.3, -0.25) is 14.5 Å². The number of carbonyl (C=O) groups excluding carboxylic acids is 2. The van der Waals surface area contributed by atoms with Crippen molar-refractivity contribution in [3.63, 3.8) is 0 Å². The van der Waals surface area contributed by atoms with Gasteiger partial charge in [0.15, 0.2) is 5.69 Å². The summed E-state index contributed by atoms with van der Waals surface area (Å²) in [7, 11) is 0. The van der Waals surface area contributed by atoms with Crippen LogP contribution in [0.1, 0.15) is 42.9 Å². The molecule has 1 N–H and O–H groups in total. The summed E-state index contributed by atoms with van der Waals surface area (Å²) in [6.07, 6.45) is 0. The van der Waals surface area contributed by atoms with Crippen molar-refractivity contribution in [2.24, 2.45) is 0 Å². The molecule has 0 saturated carbocycles. The number of aromatic nitrogens is 2. The minimum atomic E-state index is -1.48. The number of para-hydroxylation sites is 1. The Morgan fingerprint density at radius 1 is 1.03 bits per heavy atom. The molecule has 2 amide bonds. The van der Waals surface area contributed by atoms with Crippen LogP contribution in [0.25, 0.3) is 0 Å². The number of hydrogen-bond donors (Lipinski definition) is 1. The van der Waals surface area contributed by atoms with Gasteiger partial charge in [0.05, 0.1) is 5.69 Å². The number of rotatable bonds is 5. The molecule has 3 rings (SSSR count). The van der Waals surface area contributed by atoms with E-state index in [9.17, 15) is 18.4 Å². The second-order valence-electron chi connectivity index (χ2n) is 7.58. The van der Waals surface area contributed by atoms with Gasteiger partial charge in [0.2, 0.25) is 5.91 Å². The predicted octanol–water partition coefficient (Wildman–Crippen LogP) is 4.12. The Labute approximate surface area is 176 Å². The number of anilines is 1. The van der Waals surface area contributed by atoms with Crippen molar-refractivity contribution < 1.29 is 18.4 Å². The van der Waals surface area contributed by atoms with Crippen LogP contribution in [0.3, 0.4) is 0 Å². The minimum absolute atomic E-state index is 0.0703. The van der Waals surface area contributed by atoms with Gasteiger partial charge >= 0.3 is 0 Å². The van der Waals surface area contributed by atoms with E-state index in [1.165, 1.54) is 41.8 Å². The van der Waals surface area contributed by atoms with E-state index in [0.717, 1.165) is 22.5 Å². The van der Waals surface area contributed by atoms with Gasteiger partial charge in [-0.05, 0) is 50.5 Å². The zero-order valence-electron chi connectivity index (χ0n) is 16.6. The Kier molecular flexibility index (Phi) is 6.21. The fraction of sp³-hybridized carbons (Fsp3) is 0.238. The molecule has 3 aromatic rings. The second kappa shape index (κ2) is 8.66. The van der Waals surface area contributed by atoms with Crippen molar-refractivity contribution >= 4 is 29.0 Å². The van der Waals surface area contributed by atoms with Crippen molar-refractivity contribution in [2.75, 3.05) is 4.90 Å². The molecular formula is C21H20F2N4O2S. The molecule has 0 aliphatic carbocycles. The lowest BCUT2D eigenvalue weighted by atomic mass is 10.00. The monoisotopic (exact) mass is 430 g/mol. The summed E-state index contributed by atoms with van der Waals surface area (Å²) in [6, 6.07) is 9.61. The van der Waals surface area contributed by atoms with Gasteiger partial charge < -0.3 is 5.32 Å². The summed E-state index contributed by atoms with van der Waals surface area (Å²) in [4.78, 5) is 27.5. The predicted molar refractivity (Wildman–Crippen MR) is 110 cm³/mol. The minimum Gasteiger partial charge on any atom is -0.349 e. The standard InChI is InChI=1S/C21H20F2N4O2S/c1-21(2,3)24-19(28)18(13-8-4-5-9-14(13)22)27(17-11-7-6-10-15(17)23)20(29)16-12-30-26-25-16/h4-12,18H,1-3H3,(H,24,28)/t18-/m1/s1. The highest BCUT2D eigenvalue weighted by Gasteiger charge is 2.38. The number of nitrogens with zero attached hydrogens (tertiary/aromatic N) is 3. The quantitative estimate of drug-likeness (QED) is 0.661. The van der Waals surface area contributed by atoms with E-state index in [0.29, 0.717) is 0 Å².